The van der Waals surface area contributed by atoms with E-state index in [0.717, 1.165) is 6.92 Å². The molecule has 0 aliphatic rings. The Bertz CT molecular complexity index is 181. The fourth-order valence-corrected chi connectivity index (χ4v) is 0.585. The SMILES string of the molecule is CC(O)C(=O)OC(O)[C@@H](O)[C@@H](O)CO. The van der Waals surface area contributed by atoms with Gasteiger partial charge in [-0.25, -0.2) is 4.79 Å². The molecule has 84 valence electrons. The summed E-state index contributed by atoms with van der Waals surface area (Å²) < 4.78 is 4.14. The Balaban J connectivity index is 4.07. The van der Waals surface area contributed by atoms with Gasteiger partial charge in [0.1, 0.15) is 18.3 Å². The molecule has 5 N–H and O–H groups in total. The average Bonchev–Trinajstić information content (AvgIpc) is 2.14. The summed E-state index contributed by atoms with van der Waals surface area (Å²) in [7, 11) is 0. The van der Waals surface area contributed by atoms with Crippen LogP contribution in [0.3, 0.4) is 0 Å². The van der Waals surface area contributed by atoms with Crippen LogP contribution in [-0.2, 0) is 9.53 Å². The first kappa shape index (κ1) is 13.3. The summed E-state index contributed by atoms with van der Waals surface area (Å²) in [6.45, 7) is 0.328. The van der Waals surface area contributed by atoms with Gasteiger partial charge < -0.3 is 30.3 Å². The third-order valence-electron chi connectivity index (χ3n) is 1.45. The van der Waals surface area contributed by atoms with Crippen molar-refractivity contribution in [1.29, 1.82) is 0 Å². The standard InChI is InChI=1S/C7H14O7/c1-3(9)6(12)14-7(13)5(11)4(10)2-8/h3-5,7-11,13H,2H2,1H3/t3?,4-,5-,7?/m0/s1. The van der Waals surface area contributed by atoms with Crippen molar-refractivity contribution in [3.05, 3.63) is 0 Å². The molecule has 0 aromatic heterocycles. The van der Waals surface area contributed by atoms with Gasteiger partial charge in [-0.3, -0.25) is 0 Å². The van der Waals surface area contributed by atoms with Crippen molar-refractivity contribution in [2.45, 2.75) is 31.5 Å². The Morgan fingerprint density at radius 2 is 1.79 bits per heavy atom. The summed E-state index contributed by atoms with van der Waals surface area (Å²) in [6.07, 6.45) is -6.86. The molecule has 0 bridgehead atoms. The summed E-state index contributed by atoms with van der Waals surface area (Å²) in [5, 5.41) is 43.9. The van der Waals surface area contributed by atoms with Gasteiger partial charge in [0.2, 0.25) is 6.29 Å². The van der Waals surface area contributed by atoms with E-state index in [0.29, 0.717) is 0 Å². The van der Waals surface area contributed by atoms with Gasteiger partial charge in [0.05, 0.1) is 6.61 Å². The van der Waals surface area contributed by atoms with E-state index in [-0.39, 0.29) is 0 Å². The molecule has 0 saturated carbocycles. The number of aliphatic hydroxyl groups is 5. The van der Waals surface area contributed by atoms with Crippen molar-refractivity contribution in [3.63, 3.8) is 0 Å². The maximum absolute atomic E-state index is 10.7. The number of carbonyl (C=O) groups excluding carboxylic acids is 1. The first-order chi connectivity index (χ1) is 6.40. The minimum absolute atomic E-state index is 0.787. The fourth-order valence-electron chi connectivity index (χ4n) is 0.585. The van der Waals surface area contributed by atoms with Crippen LogP contribution in [0.25, 0.3) is 0 Å². The highest BCUT2D eigenvalue weighted by molar-refractivity contribution is 5.73. The minimum atomic E-state index is -1.99. The molecule has 7 heteroatoms. The maximum Gasteiger partial charge on any atom is 0.337 e. The highest BCUT2D eigenvalue weighted by atomic mass is 16.7. The lowest BCUT2D eigenvalue weighted by atomic mass is 10.2. The third-order valence-corrected chi connectivity index (χ3v) is 1.45. The largest absolute Gasteiger partial charge is 0.431 e. The molecule has 0 fully saturated rings. The Kier molecular flexibility index (Phi) is 5.58. The van der Waals surface area contributed by atoms with Crippen LogP contribution in [0.1, 0.15) is 6.92 Å². The number of ether oxygens (including phenoxy) is 1. The lowest BCUT2D eigenvalue weighted by Crippen LogP contribution is -2.43. The summed E-state index contributed by atoms with van der Waals surface area (Å²) in [5.41, 5.74) is 0. The van der Waals surface area contributed by atoms with Crippen molar-refractivity contribution in [3.8, 4) is 0 Å². The van der Waals surface area contributed by atoms with Crippen LogP contribution in [-0.4, -0.2) is 62.7 Å². The molecule has 0 aromatic rings. The van der Waals surface area contributed by atoms with Crippen LogP contribution in [0.2, 0.25) is 0 Å². The number of aliphatic hydroxyl groups excluding tert-OH is 5. The molecule has 0 aliphatic heterocycles. The van der Waals surface area contributed by atoms with Crippen LogP contribution < -0.4 is 0 Å². The number of hydrogen-bond acceptors (Lipinski definition) is 7. The highest BCUT2D eigenvalue weighted by Crippen LogP contribution is 2.03. The van der Waals surface area contributed by atoms with E-state index in [1.807, 2.05) is 0 Å². The lowest BCUT2D eigenvalue weighted by molar-refractivity contribution is -0.207. The molecule has 2 unspecified atom stereocenters. The summed E-state index contributed by atoms with van der Waals surface area (Å²) in [6, 6.07) is 0. The summed E-state index contributed by atoms with van der Waals surface area (Å²) in [4.78, 5) is 10.7. The van der Waals surface area contributed by atoms with E-state index in [2.05, 4.69) is 4.74 Å². The average molecular weight is 210 g/mol. The molecule has 0 aliphatic carbocycles. The number of esters is 1. The summed E-state index contributed by atoms with van der Waals surface area (Å²) >= 11 is 0. The number of hydrogen-bond donors (Lipinski definition) is 5. The van der Waals surface area contributed by atoms with Crippen LogP contribution in [0, 0.1) is 0 Å². The minimum Gasteiger partial charge on any atom is -0.431 e. The van der Waals surface area contributed by atoms with Crippen LogP contribution in [0.15, 0.2) is 0 Å². The van der Waals surface area contributed by atoms with Crippen molar-refractivity contribution in [1.82, 2.24) is 0 Å². The van der Waals surface area contributed by atoms with Crippen molar-refractivity contribution in [2.24, 2.45) is 0 Å². The monoisotopic (exact) mass is 210 g/mol. The zero-order valence-electron chi connectivity index (χ0n) is 7.57. The van der Waals surface area contributed by atoms with E-state index in [9.17, 15) is 4.79 Å². The van der Waals surface area contributed by atoms with Gasteiger partial charge in [0.15, 0.2) is 0 Å². The van der Waals surface area contributed by atoms with E-state index in [1.165, 1.54) is 0 Å². The fraction of sp³-hybridized carbons (Fsp3) is 0.857. The number of rotatable bonds is 5. The first-order valence-corrected chi connectivity index (χ1v) is 3.93. The Labute approximate surface area is 80.2 Å². The lowest BCUT2D eigenvalue weighted by Gasteiger charge is -2.21. The molecule has 0 amide bonds. The van der Waals surface area contributed by atoms with Gasteiger partial charge in [0, 0.05) is 0 Å². The molecule has 4 atom stereocenters. The second-order valence-corrected chi connectivity index (χ2v) is 2.74. The van der Waals surface area contributed by atoms with Crippen molar-refractivity contribution in [2.75, 3.05) is 6.61 Å². The van der Waals surface area contributed by atoms with Gasteiger partial charge in [0.25, 0.3) is 0 Å². The van der Waals surface area contributed by atoms with E-state index in [4.69, 9.17) is 25.5 Å². The zero-order valence-corrected chi connectivity index (χ0v) is 7.57. The van der Waals surface area contributed by atoms with Gasteiger partial charge in [-0.1, -0.05) is 0 Å². The van der Waals surface area contributed by atoms with Crippen LogP contribution >= 0.6 is 0 Å². The molecule has 0 spiro atoms. The quantitative estimate of drug-likeness (QED) is 0.241. The van der Waals surface area contributed by atoms with Crippen LogP contribution in [0.4, 0.5) is 0 Å². The Morgan fingerprint density at radius 1 is 1.29 bits per heavy atom. The highest BCUT2D eigenvalue weighted by Gasteiger charge is 2.28. The molecule has 0 rings (SSSR count). The topological polar surface area (TPSA) is 127 Å². The molecule has 0 heterocycles. The van der Waals surface area contributed by atoms with Gasteiger partial charge in [-0.05, 0) is 6.92 Å². The predicted molar refractivity (Wildman–Crippen MR) is 42.9 cm³/mol. The van der Waals surface area contributed by atoms with Crippen LogP contribution in [0.5, 0.6) is 0 Å². The Morgan fingerprint density at radius 3 is 2.14 bits per heavy atom. The molecule has 0 aromatic carbocycles. The van der Waals surface area contributed by atoms with Crippen molar-refractivity contribution >= 4 is 5.97 Å². The maximum atomic E-state index is 10.7. The molecule has 14 heavy (non-hydrogen) atoms. The van der Waals surface area contributed by atoms with E-state index >= 15 is 0 Å². The molecular formula is C7H14O7. The molecular weight excluding hydrogens is 196 g/mol. The second-order valence-electron chi connectivity index (χ2n) is 2.74. The molecule has 0 radical (unpaired) electrons. The van der Waals surface area contributed by atoms with Gasteiger partial charge in [-0.15, -0.1) is 0 Å². The zero-order chi connectivity index (χ0) is 11.3. The number of carbonyl (C=O) groups is 1. The van der Waals surface area contributed by atoms with Gasteiger partial charge >= 0.3 is 5.97 Å². The molecule has 0 saturated heterocycles. The third kappa shape index (κ3) is 3.99. The Hall–Kier alpha value is -0.730. The molecule has 7 nitrogen and oxygen atoms in total. The van der Waals surface area contributed by atoms with Gasteiger partial charge in [-0.2, -0.15) is 0 Å². The van der Waals surface area contributed by atoms with E-state index in [1.54, 1.807) is 0 Å². The normalized spacial score (nSPS) is 19.6. The summed E-state index contributed by atoms with van der Waals surface area (Å²) in [5.74, 6) is -1.14. The first-order valence-electron chi connectivity index (χ1n) is 3.93. The van der Waals surface area contributed by atoms with E-state index < -0.39 is 37.2 Å². The van der Waals surface area contributed by atoms with Crippen molar-refractivity contribution < 1.29 is 35.1 Å². The smallest absolute Gasteiger partial charge is 0.337 e. The predicted octanol–water partition coefficient (Wildman–Crippen LogP) is -3.06. The second kappa shape index (κ2) is 5.89.